The smallest absolute Gasteiger partial charge is 0.310 e. The van der Waals surface area contributed by atoms with Crippen LogP contribution in [0.4, 0.5) is 0 Å². The van der Waals surface area contributed by atoms with E-state index in [1.165, 1.54) is 0 Å². The monoisotopic (exact) mass is 969 g/mol. The van der Waals surface area contributed by atoms with Gasteiger partial charge in [-0.05, 0) is 115 Å². The number of imidazole rings is 1. The van der Waals surface area contributed by atoms with E-state index in [-0.39, 0.29) is 49.2 Å². The number of aliphatic hydroxyl groups excluding tert-OH is 8. The Labute approximate surface area is 405 Å². The molecule has 6 fully saturated rings. The maximum Gasteiger partial charge on any atom is 0.310 e. The molecule has 1 aromatic heterocycles. The van der Waals surface area contributed by atoms with Gasteiger partial charge in [-0.15, -0.1) is 0 Å². The molecule has 1 aromatic rings. The summed E-state index contributed by atoms with van der Waals surface area (Å²) < 4.78 is 12.6. The standard InChI is InChI=1S/C52H80N4O13/c1-7-26-18-52(45(66)67)17-16-46(2,23-58)19-30(52)29-8-9-33-48(4,50(26,29)6)13-11-32-47(3,24-59)42(69-44-40(64)38(62)31(60)22-68-44)39(63)37(49(32,33)5)27-10-14-51(15-12-35(53)61,34-20-54-25-55-34)41-36(27)28(21-57)43(65)56-41/h8,10,14,20,25-28,30-33,35-42,44,57-64H,7,9,11-13,15-19,21-24,53H2,1-6H3,(H,54,55)(H,56,65)(H,66,67). The number of aromatic nitrogens is 2. The van der Waals surface area contributed by atoms with Crippen LogP contribution in [0.1, 0.15) is 111 Å². The molecule has 386 valence electrons. The Hall–Kier alpha value is -2.81. The fourth-order valence-corrected chi connectivity index (χ4v) is 17.9. The molecule has 2 aliphatic heterocycles. The molecule has 3 heterocycles. The van der Waals surface area contributed by atoms with Crippen LogP contribution in [0.15, 0.2) is 36.3 Å². The number of fused-ring (bicyclic) bond motifs is 8. The highest BCUT2D eigenvalue weighted by Crippen LogP contribution is 2.79. The van der Waals surface area contributed by atoms with Crippen molar-refractivity contribution in [3.05, 3.63) is 42.0 Å². The van der Waals surface area contributed by atoms with E-state index < -0.39 is 130 Å². The molecular weight excluding hydrogens is 889 g/mol. The first-order valence-corrected chi connectivity index (χ1v) is 25.7. The lowest BCUT2D eigenvalue weighted by atomic mass is 9.29. The quantitative estimate of drug-likeness (QED) is 0.0812. The van der Waals surface area contributed by atoms with Gasteiger partial charge < -0.3 is 71.5 Å². The Bertz CT molecular complexity index is 2160. The molecule has 0 spiro atoms. The van der Waals surface area contributed by atoms with Crippen LogP contribution in [0.5, 0.6) is 0 Å². The second-order valence-electron chi connectivity index (χ2n) is 24.4. The number of hydrogen-bond acceptors (Lipinski definition) is 14. The van der Waals surface area contributed by atoms with Gasteiger partial charge in [0.15, 0.2) is 6.29 Å². The lowest BCUT2D eigenvalue weighted by Gasteiger charge is -2.75. The highest BCUT2D eigenvalue weighted by Gasteiger charge is 2.76. The summed E-state index contributed by atoms with van der Waals surface area (Å²) in [5.74, 6) is -4.94. The second kappa shape index (κ2) is 17.7. The minimum atomic E-state index is -1.68. The predicted octanol–water partition coefficient (Wildman–Crippen LogP) is 2.10. The van der Waals surface area contributed by atoms with Crippen molar-refractivity contribution < 1.29 is 65.0 Å². The molecule has 4 saturated carbocycles. The van der Waals surface area contributed by atoms with Gasteiger partial charge in [0.25, 0.3) is 0 Å². The van der Waals surface area contributed by atoms with Crippen molar-refractivity contribution in [1.29, 1.82) is 0 Å². The van der Waals surface area contributed by atoms with Crippen molar-refractivity contribution in [3.63, 3.8) is 0 Å². The average Bonchev–Trinajstić information content (AvgIpc) is 3.99. The molecule has 1 amide bonds. The molecule has 13 N–H and O–H groups in total. The zero-order valence-electron chi connectivity index (χ0n) is 41.2. The number of amides is 1. The van der Waals surface area contributed by atoms with Gasteiger partial charge in [-0.1, -0.05) is 71.8 Å². The van der Waals surface area contributed by atoms with Gasteiger partial charge in [-0.2, -0.15) is 0 Å². The Morgan fingerprint density at radius 2 is 1.74 bits per heavy atom. The number of carbonyl (C=O) groups excluding carboxylic acids is 1. The number of carbonyl (C=O) groups is 2. The van der Waals surface area contributed by atoms with Gasteiger partial charge >= 0.3 is 5.97 Å². The Balaban J connectivity index is 1.25. The summed E-state index contributed by atoms with van der Waals surface area (Å²) in [5.41, 5.74) is 2.37. The summed E-state index contributed by atoms with van der Waals surface area (Å²) in [6, 6.07) is -0.666. The predicted molar refractivity (Wildman–Crippen MR) is 250 cm³/mol. The van der Waals surface area contributed by atoms with E-state index in [1.54, 1.807) is 12.5 Å². The first-order valence-electron chi connectivity index (χ1n) is 25.7. The first-order chi connectivity index (χ1) is 32.5. The van der Waals surface area contributed by atoms with E-state index in [4.69, 9.17) is 15.2 Å². The molecule has 23 unspecified atom stereocenters. The number of rotatable bonds is 12. The summed E-state index contributed by atoms with van der Waals surface area (Å²) in [7, 11) is 0. The molecule has 0 aromatic carbocycles. The maximum atomic E-state index is 14.3. The summed E-state index contributed by atoms with van der Waals surface area (Å²) in [4.78, 5) is 35.7. The number of nitrogens with two attached hydrogens (primary N) is 1. The fraction of sp³-hybridized carbons (Fsp3) is 0.827. The third kappa shape index (κ3) is 7.05. The lowest BCUT2D eigenvalue weighted by molar-refractivity contribution is -0.344. The van der Waals surface area contributed by atoms with Gasteiger partial charge in [0.05, 0.1) is 55.1 Å². The van der Waals surface area contributed by atoms with Crippen molar-refractivity contribution in [2.24, 2.45) is 85.6 Å². The third-order valence-electron chi connectivity index (χ3n) is 21.7. The van der Waals surface area contributed by atoms with Gasteiger partial charge in [0.2, 0.25) is 5.91 Å². The van der Waals surface area contributed by atoms with Gasteiger partial charge in [0.1, 0.15) is 24.5 Å². The molecule has 69 heavy (non-hydrogen) atoms. The Morgan fingerprint density at radius 1 is 1.00 bits per heavy atom. The number of nitrogens with one attached hydrogen (secondary N) is 2. The molecule has 2 saturated heterocycles. The first kappa shape index (κ1) is 51.1. The molecule has 9 rings (SSSR count). The van der Waals surface area contributed by atoms with Gasteiger partial charge in [-0.3, -0.25) is 9.59 Å². The topological polar surface area (TPSA) is 301 Å². The van der Waals surface area contributed by atoms with E-state index in [0.717, 1.165) is 12.0 Å². The third-order valence-corrected chi connectivity index (χ3v) is 21.7. The lowest BCUT2D eigenvalue weighted by Crippen LogP contribution is -2.74. The molecule has 8 aliphatic rings. The van der Waals surface area contributed by atoms with Crippen LogP contribution < -0.4 is 11.1 Å². The molecule has 6 aliphatic carbocycles. The molecule has 23 atom stereocenters. The van der Waals surface area contributed by atoms with Crippen LogP contribution in [0, 0.1) is 79.8 Å². The van der Waals surface area contributed by atoms with Crippen molar-refractivity contribution in [1.82, 2.24) is 15.3 Å². The van der Waals surface area contributed by atoms with Crippen molar-refractivity contribution in [3.8, 4) is 0 Å². The SMILES string of the molecule is CCC1CC2(C(=O)O)CCC(C)(CO)CC2C2=CCC3C4(C)C(C5C=CC(CCC(N)O)(c6cnc[nH]6)C6NC(=O)C(CO)C56)C(O)C(OC5OCC(O)C(O)C5O)C(C)(CO)C4CCC3(C)C21C. The molecule has 17 nitrogen and oxygen atoms in total. The number of ether oxygens (including phenoxy) is 2. The number of hydrogen-bond donors (Lipinski definition) is 12. The molecule has 0 radical (unpaired) electrons. The van der Waals surface area contributed by atoms with E-state index in [1.807, 2.05) is 13.0 Å². The highest BCUT2D eigenvalue weighted by atomic mass is 16.7. The summed E-state index contributed by atoms with van der Waals surface area (Å²) >= 11 is 0. The molecule has 17 heteroatoms. The molecular formula is C52H80N4O13. The average molecular weight is 969 g/mol. The zero-order chi connectivity index (χ0) is 50.0. The Morgan fingerprint density at radius 3 is 2.36 bits per heavy atom. The largest absolute Gasteiger partial charge is 0.481 e. The van der Waals surface area contributed by atoms with Crippen LogP contribution in [-0.4, -0.2) is 143 Å². The summed E-state index contributed by atoms with van der Waals surface area (Å²) in [6.07, 6.45) is 4.92. The van der Waals surface area contributed by atoms with E-state index >= 15 is 0 Å². The normalized spacial score (nSPS) is 51.8. The minimum Gasteiger partial charge on any atom is -0.481 e. The van der Waals surface area contributed by atoms with Crippen LogP contribution in [0.3, 0.4) is 0 Å². The van der Waals surface area contributed by atoms with E-state index in [0.29, 0.717) is 57.1 Å². The van der Waals surface area contributed by atoms with Crippen LogP contribution in [0.2, 0.25) is 0 Å². The van der Waals surface area contributed by atoms with Gasteiger partial charge in [-0.25, -0.2) is 4.98 Å². The fourth-order valence-electron chi connectivity index (χ4n) is 17.9. The number of aliphatic hydroxyl groups is 8. The second-order valence-corrected chi connectivity index (χ2v) is 24.4. The highest BCUT2D eigenvalue weighted by molar-refractivity contribution is 5.83. The summed E-state index contributed by atoms with van der Waals surface area (Å²) in [6.45, 7) is 11.8. The van der Waals surface area contributed by atoms with E-state index in [9.17, 15) is 55.5 Å². The number of carboxylic acids is 1. The number of allylic oxidation sites excluding steroid dienone is 3. The van der Waals surface area contributed by atoms with Gasteiger partial charge in [0, 0.05) is 35.9 Å². The number of nitrogens with zero attached hydrogens (tertiary/aromatic N) is 1. The maximum absolute atomic E-state index is 14.3. The van der Waals surface area contributed by atoms with Crippen LogP contribution >= 0.6 is 0 Å². The van der Waals surface area contributed by atoms with Crippen molar-refractivity contribution in [2.45, 2.75) is 160 Å². The summed E-state index contributed by atoms with van der Waals surface area (Å²) in [5, 5.41) is 105. The molecule has 0 bridgehead atoms. The number of aliphatic carboxylic acids is 1. The Kier molecular flexibility index (Phi) is 13.1. The van der Waals surface area contributed by atoms with E-state index in [2.05, 4.69) is 62.1 Å². The number of aromatic amines is 1. The zero-order valence-corrected chi connectivity index (χ0v) is 41.2. The van der Waals surface area contributed by atoms with Crippen molar-refractivity contribution in [2.75, 3.05) is 26.4 Å². The van der Waals surface area contributed by atoms with Crippen molar-refractivity contribution >= 4 is 11.9 Å². The minimum absolute atomic E-state index is 0.0242. The number of H-pyrrole nitrogens is 1. The van der Waals surface area contributed by atoms with Crippen LogP contribution in [-0.2, 0) is 24.5 Å². The number of carboxylic acid groups (broad SMARTS) is 1. The van der Waals surface area contributed by atoms with Crippen LogP contribution in [0.25, 0.3) is 0 Å².